The minimum atomic E-state index is -1.84. The lowest BCUT2D eigenvalue weighted by molar-refractivity contribution is -0.113. The summed E-state index contributed by atoms with van der Waals surface area (Å²) in [5.41, 5.74) is 2.30. The number of carbonyl (C=O) groups excluding carboxylic acids is 1. The first-order valence-electron chi connectivity index (χ1n) is 6.44. The third-order valence-corrected chi connectivity index (χ3v) is 8.19. The zero-order valence-corrected chi connectivity index (χ0v) is 14.4. The van der Waals surface area contributed by atoms with Crippen LogP contribution in [0.15, 0.2) is 41.2 Å². The van der Waals surface area contributed by atoms with E-state index < -0.39 is 16.1 Å². The van der Waals surface area contributed by atoms with Crippen LogP contribution in [0, 0.1) is 0 Å². The van der Waals surface area contributed by atoms with Crippen LogP contribution in [0.25, 0.3) is 0 Å². The highest BCUT2D eigenvalue weighted by atomic mass is 28.3. The minimum Gasteiger partial charge on any atom is -0.295 e. The molecule has 0 aliphatic heterocycles. The van der Waals surface area contributed by atoms with Crippen molar-refractivity contribution < 1.29 is 4.79 Å². The van der Waals surface area contributed by atoms with E-state index in [1.165, 1.54) is 5.19 Å². The number of Topliss-reactive ketones (excluding diaryl/α,β-unsaturated/α-hetero) is 1. The highest BCUT2D eigenvalue weighted by molar-refractivity contribution is 7.00. The molecule has 18 heavy (non-hydrogen) atoms. The summed E-state index contributed by atoms with van der Waals surface area (Å²) in [4.78, 5) is 12.0. The summed E-state index contributed by atoms with van der Waals surface area (Å²) in [6, 6.07) is 10.5. The zero-order valence-electron chi connectivity index (χ0n) is 12.4. The van der Waals surface area contributed by atoms with Gasteiger partial charge < -0.3 is 0 Å². The van der Waals surface area contributed by atoms with Gasteiger partial charge in [-0.3, -0.25) is 4.79 Å². The molecule has 3 heteroatoms. The van der Waals surface area contributed by atoms with E-state index in [2.05, 4.69) is 62.7 Å². The standard InChI is InChI=1S/C15H24OSi2/c1-13(16)15(12-17(2,3)4)18(5,6)14-10-8-7-9-11-14/h7-12H,1-6H3/b15-12+. The van der Waals surface area contributed by atoms with Crippen molar-refractivity contribution in [2.45, 2.75) is 39.7 Å². The van der Waals surface area contributed by atoms with Gasteiger partial charge in [0.05, 0.1) is 8.07 Å². The molecule has 1 nitrogen and oxygen atoms in total. The molecule has 1 rings (SSSR count). The lowest BCUT2D eigenvalue weighted by Gasteiger charge is -2.27. The van der Waals surface area contributed by atoms with Crippen molar-refractivity contribution in [3.63, 3.8) is 0 Å². The minimum absolute atomic E-state index is 0.248. The molecule has 0 amide bonds. The normalized spacial score (nSPS) is 13.6. The molecule has 0 spiro atoms. The van der Waals surface area contributed by atoms with Crippen molar-refractivity contribution in [2.24, 2.45) is 0 Å². The number of hydrogen-bond acceptors (Lipinski definition) is 1. The number of allylic oxidation sites excluding steroid dienone is 1. The van der Waals surface area contributed by atoms with Gasteiger partial charge in [-0.15, -0.1) is 0 Å². The van der Waals surface area contributed by atoms with Gasteiger partial charge in [0, 0.05) is 0 Å². The van der Waals surface area contributed by atoms with Gasteiger partial charge in [-0.25, -0.2) is 0 Å². The molecule has 0 bridgehead atoms. The molecule has 0 heterocycles. The van der Waals surface area contributed by atoms with Gasteiger partial charge >= 0.3 is 0 Å². The van der Waals surface area contributed by atoms with E-state index in [-0.39, 0.29) is 5.78 Å². The summed E-state index contributed by atoms with van der Waals surface area (Å²) in [6.07, 6.45) is 0. The molecule has 0 aliphatic rings. The van der Waals surface area contributed by atoms with Gasteiger partial charge in [0.15, 0.2) is 5.78 Å². The second-order valence-electron chi connectivity index (χ2n) is 6.47. The topological polar surface area (TPSA) is 17.1 Å². The Morgan fingerprint density at radius 2 is 1.50 bits per heavy atom. The van der Waals surface area contributed by atoms with E-state index in [0.29, 0.717) is 0 Å². The first-order chi connectivity index (χ1) is 8.14. The van der Waals surface area contributed by atoms with E-state index in [4.69, 9.17) is 0 Å². The SMILES string of the molecule is CC(=O)/C(=C\[Si](C)(C)C)[Si](C)(C)c1ccccc1. The van der Waals surface area contributed by atoms with Crippen molar-refractivity contribution >= 4 is 27.1 Å². The summed E-state index contributed by atoms with van der Waals surface area (Å²) < 4.78 is 0. The average Bonchev–Trinajstić information content (AvgIpc) is 2.25. The highest BCUT2D eigenvalue weighted by Gasteiger charge is 2.32. The molecule has 0 aliphatic carbocycles. The van der Waals surface area contributed by atoms with Gasteiger partial charge in [0.2, 0.25) is 0 Å². The monoisotopic (exact) mass is 276 g/mol. The molecular formula is C15H24OSi2. The van der Waals surface area contributed by atoms with Crippen molar-refractivity contribution in [2.75, 3.05) is 0 Å². The second kappa shape index (κ2) is 5.37. The molecule has 0 aromatic heterocycles. The first kappa shape index (κ1) is 15.1. The van der Waals surface area contributed by atoms with Crippen LogP contribution in [-0.2, 0) is 4.79 Å². The van der Waals surface area contributed by atoms with Crippen molar-refractivity contribution in [3.8, 4) is 0 Å². The predicted molar refractivity (Wildman–Crippen MR) is 85.7 cm³/mol. The molecule has 98 valence electrons. The van der Waals surface area contributed by atoms with Crippen LogP contribution < -0.4 is 5.19 Å². The third-order valence-electron chi connectivity index (χ3n) is 3.13. The first-order valence-corrected chi connectivity index (χ1v) is 13.0. The van der Waals surface area contributed by atoms with Crippen molar-refractivity contribution in [1.29, 1.82) is 0 Å². The Balaban J connectivity index is 3.31. The van der Waals surface area contributed by atoms with Gasteiger partial charge in [0.1, 0.15) is 8.07 Å². The Morgan fingerprint density at radius 3 is 1.89 bits per heavy atom. The molecule has 0 saturated carbocycles. The maximum atomic E-state index is 12.0. The quantitative estimate of drug-likeness (QED) is 0.607. The molecule has 0 radical (unpaired) electrons. The van der Waals surface area contributed by atoms with Gasteiger partial charge in [0.25, 0.3) is 0 Å². The van der Waals surface area contributed by atoms with Crippen LogP contribution in [-0.4, -0.2) is 21.9 Å². The summed E-state index contributed by atoms with van der Waals surface area (Å²) in [7, 11) is -3.21. The Hall–Kier alpha value is -0.936. The van der Waals surface area contributed by atoms with Crippen molar-refractivity contribution in [1.82, 2.24) is 0 Å². The second-order valence-corrected chi connectivity index (χ2v) is 15.9. The predicted octanol–water partition coefficient (Wildman–Crippen LogP) is 3.53. The molecule has 0 fully saturated rings. The Morgan fingerprint density at radius 1 is 1.00 bits per heavy atom. The molecule has 1 aromatic carbocycles. The largest absolute Gasteiger partial charge is 0.295 e. The number of rotatable bonds is 4. The third kappa shape index (κ3) is 3.78. The van der Waals surface area contributed by atoms with E-state index in [0.717, 1.165) is 5.20 Å². The van der Waals surface area contributed by atoms with Crippen molar-refractivity contribution in [3.05, 3.63) is 41.2 Å². The molecule has 0 N–H and O–H groups in total. The molecule has 0 saturated heterocycles. The molecule has 1 aromatic rings. The number of benzene rings is 1. The van der Waals surface area contributed by atoms with Gasteiger partial charge in [-0.1, -0.05) is 74.0 Å². The highest BCUT2D eigenvalue weighted by Crippen LogP contribution is 2.19. The van der Waals surface area contributed by atoms with E-state index in [9.17, 15) is 4.79 Å². The fraction of sp³-hybridized carbons (Fsp3) is 0.400. The summed E-state index contributed by atoms with van der Waals surface area (Å²) >= 11 is 0. The maximum Gasteiger partial charge on any atom is 0.151 e. The molecule has 0 atom stereocenters. The van der Waals surface area contributed by atoms with Crippen LogP contribution in [0.1, 0.15) is 6.92 Å². The maximum absolute atomic E-state index is 12.0. The van der Waals surface area contributed by atoms with Crippen LogP contribution in [0.4, 0.5) is 0 Å². The zero-order chi connectivity index (χ0) is 14.0. The molecular weight excluding hydrogens is 252 g/mol. The summed E-state index contributed by atoms with van der Waals surface area (Å²) in [5, 5.41) is 2.43. The number of carbonyl (C=O) groups is 1. The van der Waals surface area contributed by atoms with Crippen LogP contribution >= 0.6 is 0 Å². The van der Waals surface area contributed by atoms with Gasteiger partial charge in [-0.05, 0) is 12.1 Å². The fourth-order valence-corrected chi connectivity index (χ4v) is 8.19. The Kier molecular flexibility index (Phi) is 4.51. The van der Waals surface area contributed by atoms with E-state index in [1.54, 1.807) is 6.92 Å². The van der Waals surface area contributed by atoms with Gasteiger partial charge in [-0.2, -0.15) is 0 Å². The number of hydrogen-bond donors (Lipinski definition) is 0. The Labute approximate surface area is 113 Å². The number of ketones is 1. The summed E-state index contributed by atoms with van der Waals surface area (Å²) in [5.74, 6) is 0.248. The Bertz CT molecular complexity index is 453. The van der Waals surface area contributed by atoms with Crippen LogP contribution in [0.3, 0.4) is 0 Å². The van der Waals surface area contributed by atoms with E-state index in [1.807, 2.05) is 6.07 Å². The fourth-order valence-electron chi connectivity index (χ4n) is 2.17. The summed E-state index contributed by atoms with van der Waals surface area (Å²) in [6.45, 7) is 13.1. The van der Waals surface area contributed by atoms with E-state index >= 15 is 0 Å². The lowest BCUT2D eigenvalue weighted by Crippen LogP contribution is -2.47. The molecule has 0 unspecified atom stereocenters. The lowest BCUT2D eigenvalue weighted by atomic mass is 10.4. The average molecular weight is 277 g/mol. The van der Waals surface area contributed by atoms with Crippen LogP contribution in [0.5, 0.6) is 0 Å². The smallest absolute Gasteiger partial charge is 0.151 e. The van der Waals surface area contributed by atoms with Crippen LogP contribution in [0.2, 0.25) is 32.7 Å².